The fraction of sp³-hybridized carbons (Fsp3) is 0.214. The van der Waals surface area contributed by atoms with Crippen molar-refractivity contribution in [2.45, 2.75) is 95.7 Å². The van der Waals surface area contributed by atoms with Crippen LogP contribution in [-0.4, -0.2) is 139 Å². The maximum absolute atomic E-state index is 14.1. The summed E-state index contributed by atoms with van der Waals surface area (Å²) in [5.74, 6) is 2.00. The van der Waals surface area contributed by atoms with Gasteiger partial charge in [0, 0.05) is 182 Å². The predicted octanol–water partition coefficient (Wildman–Crippen LogP) is 26.3. The smallest absolute Gasteiger partial charge is 0.410 e. The van der Waals surface area contributed by atoms with Crippen LogP contribution in [0.4, 0.5) is 33.2 Å². The molecule has 12 aromatic carbocycles. The van der Waals surface area contributed by atoms with Crippen molar-refractivity contribution in [2.75, 3.05) is 65.7 Å². The van der Waals surface area contributed by atoms with Crippen LogP contribution in [-0.2, 0) is 43.4 Å². The molecule has 722 valence electrons. The highest BCUT2D eigenvalue weighted by Crippen LogP contribution is 2.48. The summed E-state index contributed by atoms with van der Waals surface area (Å²) in [6.07, 6.45) is 9.19. The van der Waals surface area contributed by atoms with E-state index in [-0.39, 0.29) is 67.0 Å². The molecule has 5 amide bonds. The second-order valence-corrected chi connectivity index (χ2v) is 38.6. The number of hydrogen-bond acceptors (Lipinski definition) is 11. The summed E-state index contributed by atoms with van der Waals surface area (Å²) in [5, 5.41) is 17.8. The van der Waals surface area contributed by atoms with Crippen molar-refractivity contribution in [2.24, 2.45) is 0 Å². The number of nitrogens with one attached hydrogen (secondary N) is 8. The highest BCUT2D eigenvalue weighted by Gasteiger charge is 2.41. The molecule has 142 heavy (non-hydrogen) atoms. The topological polar surface area (TPSA) is 243 Å². The molecule has 0 fully saturated rings. The molecular weight excluding hydrogens is 1950 g/mol. The third-order valence-corrected chi connectivity index (χ3v) is 28.4. The van der Waals surface area contributed by atoms with Crippen LogP contribution in [0.5, 0.6) is 23.0 Å². The minimum absolute atomic E-state index is 0.0573. The van der Waals surface area contributed by atoms with Crippen LogP contribution in [0, 0.1) is 17.5 Å². The van der Waals surface area contributed by atoms with Crippen molar-refractivity contribution in [3.8, 4) is 28.7 Å². The van der Waals surface area contributed by atoms with E-state index in [1.54, 1.807) is 48.7 Å². The number of H-pyrrole nitrogens is 5. The van der Waals surface area contributed by atoms with E-state index in [9.17, 15) is 27.6 Å². The Morgan fingerprint density at radius 3 is 1.46 bits per heavy atom. The zero-order valence-electron chi connectivity index (χ0n) is 78.1. The normalized spacial score (nSPS) is 16.6. The maximum atomic E-state index is 14.1. The Balaban J connectivity index is 0.000000109. The number of rotatable bonds is 13. The Hall–Kier alpha value is -14.1. The summed E-state index contributed by atoms with van der Waals surface area (Å²) < 4.78 is 71.1. The number of methoxy groups -OCH3 is 2. The Labute approximate surface area is 845 Å². The summed E-state index contributed by atoms with van der Waals surface area (Å²) in [4.78, 5) is 68.8. The molecule has 0 saturated carbocycles. The third-order valence-electron chi connectivity index (χ3n) is 27.0. The molecule has 12 heterocycles. The number of ether oxygens (including phenoxy) is 5. The lowest BCUT2D eigenvalue weighted by molar-refractivity contribution is 0.0932. The van der Waals surface area contributed by atoms with E-state index in [1.165, 1.54) is 68.7 Å². The molecule has 8 N–H and O–H groups in total. The molecule has 22 nitrogen and oxygen atoms in total. The van der Waals surface area contributed by atoms with Crippen molar-refractivity contribution in [1.82, 2.24) is 64.7 Å². The molecule has 5 unspecified atom stereocenters. The number of imidazole rings is 1. The molecule has 6 aliphatic heterocycles. The Morgan fingerprint density at radius 1 is 0.479 bits per heavy atom. The van der Waals surface area contributed by atoms with Crippen LogP contribution in [0.1, 0.15) is 141 Å². The minimum Gasteiger partial charge on any atom is -0.497 e. The Morgan fingerprint density at radius 2 is 0.944 bits per heavy atom. The quantitative estimate of drug-likeness (QED) is 0.0540. The van der Waals surface area contributed by atoms with E-state index in [1.807, 2.05) is 176 Å². The molecule has 24 rings (SSSR count). The predicted molar refractivity (Wildman–Crippen MR) is 557 cm³/mol. The van der Waals surface area contributed by atoms with Gasteiger partial charge in [-0.3, -0.25) is 9.80 Å². The fourth-order valence-corrected chi connectivity index (χ4v) is 21.5. The van der Waals surface area contributed by atoms with Crippen molar-refractivity contribution in [3.05, 3.63) is 405 Å². The largest absolute Gasteiger partial charge is 0.497 e. The fourth-order valence-electron chi connectivity index (χ4n) is 20.5. The minimum atomic E-state index is -0.427. The van der Waals surface area contributed by atoms with Crippen LogP contribution in [0.25, 0.3) is 60.2 Å². The maximum Gasteiger partial charge on any atom is 0.410 e. The lowest BCUT2D eigenvalue weighted by atomic mass is 9.91. The molecule has 0 bridgehead atoms. The number of amides is 5. The lowest BCUT2D eigenvalue weighted by Crippen LogP contribution is -2.47. The van der Waals surface area contributed by atoms with Crippen molar-refractivity contribution in [1.29, 1.82) is 0 Å². The standard InChI is InChI=1S/C25H21ClFN3O2.C25H21ClN2O2.C23H21ClN4O2.C22H24ClN3O2.C17H13BrF2N2/c1-32-19-9-2-15(3-10-19)24-23-20(21-14-16(26)4-11-22(21)29-23)12-13-30(24)25(31)28-18-7-5-17(27)6-8-18;26-18-7-8-21-20(13-18)19-10-11-28(14-16-4-2-1-3-5-16)25(24(19)27-21)17-6-9-22-23(12-17)30-15-29-22;1-2-30-23(29)28-11-9-18-19-13-16(24)5-8-20(19)26-21(18)22(28)15-3-6-17(7-4-15)27-12-10-25-14-27;1-13(2)24-22(27)26-11-10-17-18-12-15(23)6-9-19(18)25-20(17)21(26)14-4-7-16(28-3)8-5-14;18-9-1-4-15-12(7-9)11-5-6-21-16(17(11)22-15)13-8-10(19)2-3-14(13)20/h2-11,14,24,29H,12-13H2,1H3,(H,28,31);1-9,12-13,25,27H,10-11,14-15H2;3-8,10,12-14,22,26H,2,9,11H2,1H3;4-9,12-13,21,25H,10-11H2,1-3H3,(H,24,27);1-4,7-8,16,21-22H,5-6H2. The van der Waals surface area contributed by atoms with Crippen LogP contribution in [0.3, 0.4) is 0 Å². The van der Waals surface area contributed by atoms with E-state index in [2.05, 4.69) is 139 Å². The first-order chi connectivity index (χ1) is 69.0. The van der Waals surface area contributed by atoms with Gasteiger partial charge in [-0.05, 0) is 291 Å². The van der Waals surface area contributed by atoms with Gasteiger partial charge in [0.2, 0.25) is 6.79 Å². The highest BCUT2D eigenvalue weighted by atomic mass is 79.9. The number of anilines is 1. The first-order valence-corrected chi connectivity index (χ1v) is 49.4. The lowest BCUT2D eigenvalue weighted by Gasteiger charge is -2.36. The molecule has 0 saturated heterocycles. The number of hydrogen-bond donors (Lipinski definition) is 8. The van der Waals surface area contributed by atoms with Gasteiger partial charge >= 0.3 is 18.2 Å². The molecule has 6 aliphatic rings. The average molecular weight is 2050 g/mol. The van der Waals surface area contributed by atoms with Crippen molar-refractivity contribution >= 4 is 141 Å². The van der Waals surface area contributed by atoms with Gasteiger partial charge in [0.05, 0.1) is 51.3 Å². The zero-order chi connectivity index (χ0) is 98.1. The summed E-state index contributed by atoms with van der Waals surface area (Å²) in [6.45, 7) is 10.7. The second-order valence-electron chi connectivity index (χ2n) is 35.9. The third kappa shape index (κ3) is 19.8. The number of aromatic amines is 5. The number of carbonyl (C=O) groups excluding carboxylic acids is 3. The number of carbonyl (C=O) groups is 3. The van der Waals surface area contributed by atoms with Gasteiger partial charge in [0.1, 0.15) is 35.0 Å². The number of urea groups is 2. The number of halogens is 8. The van der Waals surface area contributed by atoms with E-state index in [4.69, 9.17) is 70.1 Å². The van der Waals surface area contributed by atoms with Gasteiger partial charge in [0.15, 0.2) is 11.5 Å². The SMILES string of the molecule is CCOC(=O)N1CCc2c([nH]c3ccc(Cl)cc23)C1c1ccc(-n2ccnc2)cc1.COc1ccc(C2c3[nH]c4ccc(Cl)cc4c3CCN2C(=O)NC(C)C)cc1.COc1ccc(C2c3[nH]c4ccc(Cl)cc4c3CCN2C(=O)Nc2ccc(F)cc2)cc1.Clc1ccc2[nH]c3c(c2c1)CCN(Cc1ccccc1)C3c1ccc2c(c1)OCO2.Fc1ccc(F)c(C2NCCc3c2[nH]c2ccc(Br)cc32)c1. The first-order valence-electron chi connectivity index (χ1n) is 47.1. The van der Waals surface area contributed by atoms with Crippen LogP contribution in [0.2, 0.25) is 20.1 Å². The highest BCUT2D eigenvalue weighted by molar-refractivity contribution is 9.10. The summed E-state index contributed by atoms with van der Waals surface area (Å²) in [7, 11) is 3.27. The van der Waals surface area contributed by atoms with Gasteiger partial charge in [-0.2, -0.15) is 0 Å². The molecule has 0 spiro atoms. The van der Waals surface area contributed by atoms with E-state index < -0.39 is 11.6 Å². The molecule has 5 atom stereocenters. The molecule has 6 aromatic heterocycles. The zero-order valence-corrected chi connectivity index (χ0v) is 82.7. The van der Waals surface area contributed by atoms with Gasteiger partial charge in [0.25, 0.3) is 0 Å². The second kappa shape index (κ2) is 41.6. The molecular formula is C112H100BrCl4F3N14O8. The van der Waals surface area contributed by atoms with Crippen LogP contribution in [0.15, 0.2) is 278 Å². The van der Waals surface area contributed by atoms with E-state index in [0.717, 1.165) is 189 Å². The summed E-state index contributed by atoms with van der Waals surface area (Å²) >= 11 is 28.6. The molecule has 30 heteroatoms. The van der Waals surface area contributed by atoms with Crippen molar-refractivity contribution in [3.63, 3.8) is 0 Å². The number of aromatic nitrogens is 7. The van der Waals surface area contributed by atoms with Crippen LogP contribution < -0.4 is 34.9 Å². The van der Waals surface area contributed by atoms with E-state index >= 15 is 0 Å². The number of benzene rings is 12. The first kappa shape index (κ1) is 95.5. The summed E-state index contributed by atoms with van der Waals surface area (Å²) in [6, 6.07) is 78.5. The summed E-state index contributed by atoms with van der Waals surface area (Å²) in [5.41, 5.74) is 23.9. The van der Waals surface area contributed by atoms with Gasteiger partial charge in [-0.15, -0.1) is 0 Å². The van der Waals surface area contributed by atoms with Crippen molar-refractivity contribution < 1.29 is 51.2 Å². The Kier molecular flexibility index (Phi) is 28.0. The van der Waals surface area contributed by atoms with Gasteiger partial charge in [-0.25, -0.2) is 32.5 Å². The van der Waals surface area contributed by atoms with E-state index in [0.29, 0.717) is 54.0 Å². The number of nitrogens with zero attached hydrogens (tertiary/aromatic N) is 6. The van der Waals surface area contributed by atoms with Gasteiger partial charge in [-0.1, -0.05) is 135 Å². The number of fused-ring (bicyclic) bond motifs is 16. The average Bonchev–Trinajstić information content (AvgIpc) is 1.60. The molecule has 18 aromatic rings. The molecule has 0 aliphatic carbocycles. The van der Waals surface area contributed by atoms with Gasteiger partial charge < -0.3 is 78.9 Å². The molecule has 0 radical (unpaired) electrons. The van der Waals surface area contributed by atoms with Crippen LogP contribution >= 0.6 is 62.3 Å². The Bertz CT molecular complexity index is 7690. The monoisotopic (exact) mass is 2040 g/mol.